The quantitative estimate of drug-likeness (QED) is 0.601. The monoisotopic (exact) mass is 500 g/mol. The number of hydrogen-bond acceptors (Lipinski definition) is 4. The third-order valence-electron chi connectivity index (χ3n) is 7.13. The van der Waals surface area contributed by atoms with Gasteiger partial charge in [-0.3, -0.25) is 14.7 Å². The molecule has 1 N–H and O–H groups in total. The van der Waals surface area contributed by atoms with Crippen molar-refractivity contribution in [3.8, 4) is 5.75 Å². The molecule has 2 amide bonds. The molecule has 0 spiro atoms. The molecule has 3 heterocycles. The summed E-state index contributed by atoms with van der Waals surface area (Å²) in [5, 5.41) is 7.93. The highest BCUT2D eigenvalue weighted by Gasteiger charge is 2.41. The van der Waals surface area contributed by atoms with Gasteiger partial charge in [0.25, 0.3) is 5.91 Å². The fourth-order valence-electron chi connectivity index (χ4n) is 5.04. The predicted octanol–water partition coefficient (Wildman–Crippen LogP) is 5.06. The Morgan fingerprint density at radius 2 is 1.83 bits per heavy atom. The molecule has 2 aromatic rings. The summed E-state index contributed by atoms with van der Waals surface area (Å²) in [6.07, 6.45) is 5.29. The largest absolute Gasteiger partial charge is 0.493 e. The number of aromatic nitrogens is 2. The average Bonchev–Trinajstić information content (AvgIpc) is 3.34. The van der Waals surface area contributed by atoms with E-state index in [1.165, 1.54) is 6.42 Å². The van der Waals surface area contributed by atoms with Crippen molar-refractivity contribution in [1.82, 2.24) is 20.0 Å². The molecule has 4 rings (SSSR count). The van der Waals surface area contributed by atoms with Crippen LogP contribution in [-0.2, 0) is 10.2 Å². The van der Waals surface area contributed by atoms with E-state index >= 15 is 0 Å². The van der Waals surface area contributed by atoms with Crippen LogP contribution in [0.2, 0.25) is 5.02 Å². The van der Waals surface area contributed by atoms with Gasteiger partial charge in [-0.1, -0.05) is 38.4 Å². The Hall–Kier alpha value is -2.54. The van der Waals surface area contributed by atoms with E-state index < -0.39 is 5.41 Å². The van der Waals surface area contributed by atoms with Crippen molar-refractivity contribution in [1.29, 1.82) is 0 Å². The number of rotatable bonds is 6. The van der Waals surface area contributed by atoms with E-state index in [-0.39, 0.29) is 17.2 Å². The van der Waals surface area contributed by atoms with Crippen LogP contribution in [0.1, 0.15) is 75.5 Å². The van der Waals surface area contributed by atoms with E-state index in [0.717, 1.165) is 44.5 Å². The van der Waals surface area contributed by atoms with E-state index in [4.69, 9.17) is 16.3 Å². The highest BCUT2D eigenvalue weighted by atomic mass is 35.5. The van der Waals surface area contributed by atoms with Gasteiger partial charge in [0, 0.05) is 54.1 Å². The van der Waals surface area contributed by atoms with E-state index in [1.807, 2.05) is 28.0 Å². The van der Waals surface area contributed by atoms with E-state index in [9.17, 15) is 9.59 Å². The van der Waals surface area contributed by atoms with Crippen LogP contribution in [0.4, 0.5) is 0 Å². The maximum atomic E-state index is 13.4. The van der Waals surface area contributed by atoms with Crippen LogP contribution in [0, 0.1) is 5.41 Å². The Labute approximate surface area is 213 Å². The van der Waals surface area contributed by atoms with Crippen molar-refractivity contribution in [3.05, 3.63) is 46.7 Å². The first-order valence-electron chi connectivity index (χ1n) is 12.7. The van der Waals surface area contributed by atoms with Crippen LogP contribution in [0.25, 0.3) is 0 Å². The first kappa shape index (κ1) is 25.5. The smallest absolute Gasteiger partial charge is 0.274 e. The lowest BCUT2D eigenvalue weighted by Gasteiger charge is -2.43. The van der Waals surface area contributed by atoms with Gasteiger partial charge in [0.1, 0.15) is 11.4 Å². The summed E-state index contributed by atoms with van der Waals surface area (Å²) >= 11 is 6.15. The predicted molar refractivity (Wildman–Crippen MR) is 137 cm³/mol. The number of carbonyl (C=O) groups excluding carboxylic acids is 2. The molecule has 2 saturated heterocycles. The molecule has 1 aromatic carbocycles. The Balaban J connectivity index is 1.53. The van der Waals surface area contributed by atoms with E-state index in [2.05, 4.69) is 31.0 Å². The van der Waals surface area contributed by atoms with Crippen molar-refractivity contribution < 1.29 is 14.3 Å². The van der Waals surface area contributed by atoms with Crippen LogP contribution in [0.3, 0.4) is 0 Å². The van der Waals surface area contributed by atoms with Crippen LogP contribution in [-0.4, -0.2) is 64.6 Å². The highest BCUT2D eigenvalue weighted by Crippen LogP contribution is 2.36. The van der Waals surface area contributed by atoms with Crippen LogP contribution in [0.5, 0.6) is 5.75 Å². The Morgan fingerprint density at radius 1 is 1.09 bits per heavy atom. The second kappa shape index (κ2) is 10.6. The minimum Gasteiger partial charge on any atom is -0.493 e. The molecule has 0 unspecified atom stereocenters. The minimum atomic E-state index is -0.464. The number of piperidine rings is 2. The Bertz CT molecular complexity index is 1040. The Kier molecular flexibility index (Phi) is 7.74. The second-order valence-corrected chi connectivity index (χ2v) is 11.5. The highest BCUT2D eigenvalue weighted by molar-refractivity contribution is 6.30. The number of H-pyrrole nitrogens is 1. The number of hydrogen-bond donors (Lipinski definition) is 1. The summed E-state index contributed by atoms with van der Waals surface area (Å²) in [6.45, 7) is 9.34. The Morgan fingerprint density at radius 3 is 2.51 bits per heavy atom. The molecule has 0 radical (unpaired) electrons. The average molecular weight is 501 g/mol. The standard InChI is InChI=1S/C27H37ClN4O3/c1-26(2,3)23-16-22(29-30-23)25(34)32-14-8-11-27(18-32,17-24(33)31-12-5-4-6-13-31)19-35-21-10-7-9-20(28)15-21/h7,9-10,15-16H,4-6,8,11-14,17-19H2,1-3H3,(H,29,30)/t27-/m1/s1. The van der Waals surface area contributed by atoms with Gasteiger partial charge in [0.05, 0.1) is 6.61 Å². The number of likely N-dealkylation sites (tertiary alicyclic amines) is 2. The molecule has 0 bridgehead atoms. The molecule has 1 atom stereocenters. The fourth-order valence-corrected chi connectivity index (χ4v) is 5.22. The van der Waals surface area contributed by atoms with Gasteiger partial charge in [0.2, 0.25) is 5.91 Å². The van der Waals surface area contributed by atoms with Gasteiger partial charge >= 0.3 is 0 Å². The molecule has 8 heteroatoms. The van der Waals surface area contributed by atoms with Crippen molar-refractivity contribution in [2.75, 3.05) is 32.8 Å². The van der Waals surface area contributed by atoms with Crippen molar-refractivity contribution in [2.45, 2.75) is 64.7 Å². The molecule has 2 aliphatic heterocycles. The maximum absolute atomic E-state index is 13.4. The van der Waals surface area contributed by atoms with Gasteiger partial charge in [-0.05, 0) is 56.4 Å². The first-order valence-corrected chi connectivity index (χ1v) is 13.0. The summed E-state index contributed by atoms with van der Waals surface area (Å²) in [6, 6.07) is 9.16. The molecular weight excluding hydrogens is 464 g/mol. The number of nitrogens with zero attached hydrogens (tertiary/aromatic N) is 3. The van der Waals surface area contributed by atoms with Gasteiger partial charge in [-0.25, -0.2) is 0 Å². The summed E-state index contributed by atoms with van der Waals surface area (Å²) < 4.78 is 6.19. The van der Waals surface area contributed by atoms with Crippen molar-refractivity contribution in [3.63, 3.8) is 0 Å². The third-order valence-corrected chi connectivity index (χ3v) is 7.36. The summed E-state index contributed by atoms with van der Waals surface area (Å²) in [7, 11) is 0. The molecular formula is C27H37ClN4O3. The molecule has 0 aliphatic carbocycles. The number of halogens is 1. The molecule has 2 fully saturated rings. The lowest BCUT2D eigenvalue weighted by atomic mass is 9.77. The minimum absolute atomic E-state index is 0.103. The number of benzene rings is 1. The molecule has 190 valence electrons. The number of amides is 2. The lowest BCUT2D eigenvalue weighted by Crippen LogP contribution is -2.51. The number of carbonyl (C=O) groups is 2. The normalized spacial score (nSPS) is 21.1. The summed E-state index contributed by atoms with van der Waals surface area (Å²) in [5.74, 6) is 0.727. The molecule has 1 aromatic heterocycles. The van der Waals surface area contributed by atoms with Crippen molar-refractivity contribution in [2.24, 2.45) is 5.41 Å². The number of aromatic amines is 1. The number of ether oxygens (including phenoxy) is 1. The zero-order valence-corrected chi connectivity index (χ0v) is 21.9. The zero-order chi connectivity index (χ0) is 25.1. The van der Waals surface area contributed by atoms with Crippen LogP contribution < -0.4 is 4.74 Å². The number of nitrogens with one attached hydrogen (secondary N) is 1. The van der Waals surface area contributed by atoms with Crippen LogP contribution >= 0.6 is 11.6 Å². The molecule has 7 nitrogen and oxygen atoms in total. The van der Waals surface area contributed by atoms with Gasteiger partial charge < -0.3 is 14.5 Å². The van der Waals surface area contributed by atoms with Gasteiger partial charge in [-0.15, -0.1) is 0 Å². The topological polar surface area (TPSA) is 78.5 Å². The lowest BCUT2D eigenvalue weighted by molar-refractivity contribution is -0.136. The molecule has 35 heavy (non-hydrogen) atoms. The van der Waals surface area contributed by atoms with Gasteiger partial charge in [-0.2, -0.15) is 5.10 Å². The van der Waals surface area contributed by atoms with E-state index in [1.54, 1.807) is 12.1 Å². The van der Waals surface area contributed by atoms with E-state index in [0.29, 0.717) is 42.6 Å². The zero-order valence-electron chi connectivity index (χ0n) is 21.1. The van der Waals surface area contributed by atoms with Gasteiger partial charge in [0.15, 0.2) is 0 Å². The molecule has 2 aliphatic rings. The first-order chi connectivity index (χ1) is 16.7. The summed E-state index contributed by atoms with van der Waals surface area (Å²) in [4.78, 5) is 30.6. The summed E-state index contributed by atoms with van der Waals surface area (Å²) in [5.41, 5.74) is 0.758. The van der Waals surface area contributed by atoms with Crippen molar-refractivity contribution >= 4 is 23.4 Å². The third kappa shape index (κ3) is 6.37. The molecule has 0 saturated carbocycles. The van der Waals surface area contributed by atoms with Crippen LogP contribution in [0.15, 0.2) is 30.3 Å². The maximum Gasteiger partial charge on any atom is 0.274 e. The second-order valence-electron chi connectivity index (χ2n) is 11.1. The fraction of sp³-hybridized carbons (Fsp3) is 0.593. The SMILES string of the molecule is CC(C)(C)c1cc(C(=O)N2CCC[C@@](COc3cccc(Cl)c3)(CC(=O)N3CCCCC3)C2)n[nH]1.